The Labute approximate surface area is 195 Å². The van der Waals surface area contributed by atoms with Gasteiger partial charge in [-0.2, -0.15) is 0 Å². The molecule has 3 heterocycles. The van der Waals surface area contributed by atoms with E-state index in [1.54, 1.807) is 24.3 Å². The predicted molar refractivity (Wildman–Crippen MR) is 122 cm³/mol. The van der Waals surface area contributed by atoms with Crippen LogP contribution in [-0.4, -0.2) is 59.9 Å². The van der Waals surface area contributed by atoms with Crippen LogP contribution in [0.5, 0.6) is 0 Å². The molecule has 3 amide bonds. The van der Waals surface area contributed by atoms with Crippen LogP contribution >= 0.6 is 0 Å². The van der Waals surface area contributed by atoms with Crippen LogP contribution in [0.15, 0.2) is 42.5 Å². The lowest BCUT2D eigenvalue weighted by molar-refractivity contribution is -0.136. The lowest BCUT2D eigenvalue weighted by Crippen LogP contribution is -2.52. The number of hydrogen-bond donors (Lipinski definition) is 2. The zero-order chi connectivity index (χ0) is 24.6. The van der Waals surface area contributed by atoms with Gasteiger partial charge >= 0.3 is 0 Å². The van der Waals surface area contributed by atoms with Gasteiger partial charge in [-0.3, -0.25) is 24.6 Å². The number of imide groups is 1. The smallest absolute Gasteiger partial charge is 0.255 e. The number of nitrogens with zero attached hydrogens (tertiary/aromatic N) is 2. The number of fused-ring (bicyclic) bond motifs is 1. The quantitative estimate of drug-likeness (QED) is 0.654. The fraction of sp³-hybridized carbons (Fsp3) is 0.400. The zero-order valence-corrected chi connectivity index (χ0v) is 18.3. The monoisotopic (exact) mass is 450 g/mol. The van der Waals surface area contributed by atoms with Crippen LogP contribution in [0.3, 0.4) is 0 Å². The van der Waals surface area contributed by atoms with Crippen molar-refractivity contribution in [1.29, 1.82) is 0 Å². The predicted octanol–water partition coefficient (Wildman–Crippen LogP) is 1.89. The van der Waals surface area contributed by atoms with Crippen LogP contribution in [-0.2, 0) is 33.9 Å². The number of ether oxygens (including phenoxy) is 1. The van der Waals surface area contributed by atoms with Gasteiger partial charge in [0.05, 0.1) is 16.0 Å². The Morgan fingerprint density at radius 1 is 1.09 bits per heavy atom. The second-order valence-electron chi connectivity index (χ2n) is 8.57. The van der Waals surface area contributed by atoms with Crippen LogP contribution in [0.25, 0.3) is 0 Å². The van der Waals surface area contributed by atoms with E-state index in [1.807, 2.05) is 18.2 Å². The molecule has 3 aliphatic heterocycles. The molecule has 3 aliphatic rings. The molecule has 0 spiro atoms. The minimum atomic E-state index is -1.89. The highest BCUT2D eigenvalue weighted by Gasteiger charge is 2.39. The molecule has 2 N–H and O–H groups in total. The second-order valence-corrected chi connectivity index (χ2v) is 8.57. The van der Waals surface area contributed by atoms with Gasteiger partial charge in [-0.1, -0.05) is 30.3 Å². The minimum Gasteiger partial charge on any atom is -0.381 e. The molecule has 0 bridgehead atoms. The van der Waals surface area contributed by atoms with Gasteiger partial charge in [0.1, 0.15) is 6.04 Å². The van der Waals surface area contributed by atoms with Crippen LogP contribution in [0.1, 0.15) is 42.6 Å². The number of piperidine rings is 1. The SMILES string of the molecule is [2H]C([2H])(Nc1cccc2c1CN(C1CCC(=O)NC1=O)C2=O)c1cccc(CN2CCOCC2)c1. The van der Waals surface area contributed by atoms with Gasteiger partial charge in [-0.15, -0.1) is 0 Å². The Hall–Kier alpha value is -3.23. The van der Waals surface area contributed by atoms with Crippen molar-refractivity contribution in [3.8, 4) is 0 Å². The number of carbonyl (C=O) groups excluding carboxylic acids is 3. The number of hydrogen-bond acceptors (Lipinski definition) is 6. The van der Waals surface area contributed by atoms with Gasteiger partial charge in [-0.05, 0) is 29.7 Å². The van der Waals surface area contributed by atoms with Crippen molar-refractivity contribution < 1.29 is 21.9 Å². The van der Waals surface area contributed by atoms with Gasteiger partial charge in [0, 0.05) is 55.9 Å². The van der Waals surface area contributed by atoms with E-state index in [4.69, 9.17) is 7.48 Å². The van der Waals surface area contributed by atoms with Gasteiger partial charge in [0.25, 0.3) is 5.91 Å². The number of amides is 3. The van der Waals surface area contributed by atoms with E-state index in [0.29, 0.717) is 35.6 Å². The maximum Gasteiger partial charge on any atom is 0.255 e. The Kier molecular flexibility index (Phi) is 5.44. The van der Waals surface area contributed by atoms with Crippen molar-refractivity contribution in [2.24, 2.45) is 0 Å². The third-order valence-electron chi connectivity index (χ3n) is 6.36. The molecular formula is C25H28N4O4. The highest BCUT2D eigenvalue weighted by atomic mass is 16.5. The van der Waals surface area contributed by atoms with E-state index in [-0.39, 0.29) is 31.2 Å². The molecule has 2 aromatic rings. The number of benzene rings is 2. The first-order chi connectivity index (χ1) is 16.8. The molecule has 172 valence electrons. The van der Waals surface area contributed by atoms with E-state index in [2.05, 4.69) is 15.5 Å². The molecule has 0 radical (unpaired) electrons. The minimum absolute atomic E-state index is 0.177. The molecule has 8 heteroatoms. The molecule has 2 fully saturated rings. The highest BCUT2D eigenvalue weighted by molar-refractivity contribution is 6.06. The standard InChI is InChI=1S/C25H28N4O4/c30-23-8-7-22(24(31)27-23)29-16-20-19(25(29)32)5-2-6-21(20)26-14-17-3-1-4-18(13-17)15-28-9-11-33-12-10-28/h1-6,13,22,26H,7-12,14-16H2,(H,27,30,31)/i14D2. The molecule has 33 heavy (non-hydrogen) atoms. The number of morpholine rings is 1. The number of nitrogens with one attached hydrogen (secondary N) is 2. The average Bonchev–Trinajstić information content (AvgIpc) is 3.17. The summed E-state index contributed by atoms with van der Waals surface area (Å²) in [5, 5.41) is 5.30. The van der Waals surface area contributed by atoms with Crippen molar-refractivity contribution in [3.63, 3.8) is 0 Å². The van der Waals surface area contributed by atoms with Crippen molar-refractivity contribution in [2.75, 3.05) is 31.6 Å². The summed E-state index contributed by atoms with van der Waals surface area (Å²) in [4.78, 5) is 40.7. The largest absolute Gasteiger partial charge is 0.381 e. The summed E-state index contributed by atoms with van der Waals surface area (Å²) in [5.74, 6) is -1.09. The lowest BCUT2D eigenvalue weighted by atomic mass is 10.0. The number of anilines is 1. The third-order valence-corrected chi connectivity index (χ3v) is 6.36. The Balaban J connectivity index is 1.35. The molecule has 0 aromatic heterocycles. The summed E-state index contributed by atoms with van der Waals surface area (Å²) in [6.07, 6.45) is 0.467. The van der Waals surface area contributed by atoms with E-state index in [1.165, 1.54) is 4.90 Å². The van der Waals surface area contributed by atoms with E-state index in [0.717, 1.165) is 25.2 Å². The van der Waals surface area contributed by atoms with Crippen LogP contribution in [0.2, 0.25) is 0 Å². The first-order valence-corrected chi connectivity index (χ1v) is 11.3. The third kappa shape index (κ3) is 4.62. The first kappa shape index (κ1) is 19.3. The van der Waals surface area contributed by atoms with E-state index >= 15 is 0 Å². The Bertz CT molecular complexity index is 1170. The lowest BCUT2D eigenvalue weighted by Gasteiger charge is -2.29. The first-order valence-electron chi connectivity index (χ1n) is 12.3. The molecule has 2 saturated heterocycles. The van der Waals surface area contributed by atoms with Gasteiger partial charge in [0.15, 0.2) is 0 Å². The molecular weight excluding hydrogens is 420 g/mol. The maximum atomic E-state index is 13.1. The van der Waals surface area contributed by atoms with Crippen LogP contribution < -0.4 is 10.6 Å². The summed E-state index contributed by atoms with van der Waals surface area (Å²) < 4.78 is 22.9. The van der Waals surface area contributed by atoms with Gasteiger partial charge in [0.2, 0.25) is 11.8 Å². The highest BCUT2D eigenvalue weighted by Crippen LogP contribution is 2.32. The van der Waals surface area contributed by atoms with Crippen LogP contribution in [0, 0.1) is 0 Å². The molecule has 1 unspecified atom stereocenters. The Morgan fingerprint density at radius 3 is 2.70 bits per heavy atom. The van der Waals surface area contributed by atoms with Gasteiger partial charge < -0.3 is 15.0 Å². The molecule has 1 atom stereocenters. The summed E-state index contributed by atoms with van der Waals surface area (Å²) in [6, 6.07) is 11.9. The molecule has 0 saturated carbocycles. The van der Waals surface area contributed by atoms with Gasteiger partial charge in [-0.25, -0.2) is 0 Å². The average molecular weight is 451 g/mol. The fourth-order valence-electron chi connectivity index (χ4n) is 4.61. The molecule has 2 aromatic carbocycles. The molecule has 0 aliphatic carbocycles. The fourth-order valence-corrected chi connectivity index (χ4v) is 4.61. The van der Waals surface area contributed by atoms with E-state index in [9.17, 15) is 14.4 Å². The molecule has 5 rings (SSSR count). The zero-order valence-electron chi connectivity index (χ0n) is 20.3. The van der Waals surface area contributed by atoms with Crippen molar-refractivity contribution in [3.05, 3.63) is 64.7 Å². The number of rotatable bonds is 6. The van der Waals surface area contributed by atoms with Crippen LogP contribution in [0.4, 0.5) is 5.69 Å². The number of carbonyl (C=O) groups is 3. The normalized spacial score (nSPS) is 22.5. The Morgan fingerprint density at radius 2 is 1.88 bits per heavy atom. The maximum absolute atomic E-state index is 13.1. The summed E-state index contributed by atoms with van der Waals surface area (Å²) in [5.41, 5.74) is 3.11. The van der Waals surface area contributed by atoms with Crippen molar-refractivity contribution in [2.45, 2.75) is 38.5 Å². The summed E-state index contributed by atoms with van der Waals surface area (Å²) in [7, 11) is 0. The summed E-state index contributed by atoms with van der Waals surface area (Å²) >= 11 is 0. The topological polar surface area (TPSA) is 91.0 Å². The summed E-state index contributed by atoms with van der Waals surface area (Å²) in [6.45, 7) is 2.12. The van der Waals surface area contributed by atoms with E-state index < -0.39 is 18.4 Å². The molecule has 8 nitrogen and oxygen atoms in total. The van der Waals surface area contributed by atoms with Crippen molar-refractivity contribution in [1.82, 2.24) is 15.1 Å². The second kappa shape index (κ2) is 9.33. The van der Waals surface area contributed by atoms with Crippen molar-refractivity contribution >= 4 is 23.4 Å².